The molecule has 11 heavy (non-hydrogen) atoms. The minimum Gasteiger partial charge on any atom is -0.402 e. The fourth-order valence-corrected chi connectivity index (χ4v) is 0.784. The molecule has 0 saturated heterocycles. The second-order valence-corrected chi connectivity index (χ2v) is 3.06. The lowest BCUT2D eigenvalue weighted by molar-refractivity contribution is 0.160. The standard InChI is InChI=1S/C9H19NO/c1-4-9(11)6-5-7(2)8(3)10/h9,11H,4-6,10H2,1-3H3. The predicted octanol–water partition coefficient (Wildman–Crippen LogP) is 1.79. The number of aliphatic hydroxyl groups is 1. The monoisotopic (exact) mass is 157 g/mol. The van der Waals surface area contributed by atoms with E-state index in [1.807, 2.05) is 20.8 Å². The van der Waals surface area contributed by atoms with E-state index in [1.54, 1.807) is 0 Å². The van der Waals surface area contributed by atoms with Gasteiger partial charge >= 0.3 is 0 Å². The zero-order valence-electron chi connectivity index (χ0n) is 7.72. The smallest absolute Gasteiger partial charge is 0.0540 e. The summed E-state index contributed by atoms with van der Waals surface area (Å²) in [4.78, 5) is 0. The molecule has 0 heterocycles. The minimum atomic E-state index is -0.163. The van der Waals surface area contributed by atoms with Crippen LogP contribution in [0.5, 0.6) is 0 Å². The Morgan fingerprint density at radius 3 is 2.36 bits per heavy atom. The molecule has 0 aromatic rings. The molecule has 0 saturated carbocycles. The van der Waals surface area contributed by atoms with E-state index in [4.69, 9.17) is 5.73 Å². The van der Waals surface area contributed by atoms with Crippen LogP contribution in [-0.4, -0.2) is 11.2 Å². The number of allylic oxidation sites excluding steroid dienone is 2. The topological polar surface area (TPSA) is 46.2 Å². The first kappa shape index (κ1) is 10.5. The molecular weight excluding hydrogens is 138 g/mol. The molecule has 0 aromatic carbocycles. The molecule has 0 aliphatic carbocycles. The third-order valence-corrected chi connectivity index (χ3v) is 2.00. The fourth-order valence-electron chi connectivity index (χ4n) is 0.784. The van der Waals surface area contributed by atoms with Crippen molar-refractivity contribution in [2.24, 2.45) is 5.73 Å². The lowest BCUT2D eigenvalue weighted by atomic mass is 10.1. The Morgan fingerprint density at radius 2 is 2.00 bits per heavy atom. The van der Waals surface area contributed by atoms with Crippen molar-refractivity contribution >= 4 is 0 Å². The average Bonchev–Trinajstić information content (AvgIpc) is 1.99. The normalized spacial score (nSPS) is 16.0. The van der Waals surface area contributed by atoms with Crippen molar-refractivity contribution < 1.29 is 5.11 Å². The molecule has 1 atom stereocenters. The Balaban J connectivity index is 3.63. The van der Waals surface area contributed by atoms with Gasteiger partial charge in [0.25, 0.3) is 0 Å². The van der Waals surface area contributed by atoms with Gasteiger partial charge in [-0.3, -0.25) is 0 Å². The predicted molar refractivity (Wildman–Crippen MR) is 48.1 cm³/mol. The Bertz CT molecular complexity index is 136. The van der Waals surface area contributed by atoms with Gasteiger partial charge in [-0.05, 0) is 33.1 Å². The lowest BCUT2D eigenvalue weighted by Gasteiger charge is -2.08. The van der Waals surface area contributed by atoms with E-state index in [2.05, 4.69) is 0 Å². The molecule has 0 radical (unpaired) electrons. The van der Waals surface area contributed by atoms with Gasteiger partial charge < -0.3 is 10.8 Å². The van der Waals surface area contributed by atoms with Crippen LogP contribution in [0, 0.1) is 0 Å². The first-order valence-corrected chi connectivity index (χ1v) is 4.17. The molecule has 0 amide bonds. The Hall–Kier alpha value is -0.500. The second-order valence-electron chi connectivity index (χ2n) is 3.06. The summed E-state index contributed by atoms with van der Waals surface area (Å²) < 4.78 is 0. The molecule has 0 fully saturated rings. The number of hydrogen-bond donors (Lipinski definition) is 2. The molecule has 2 nitrogen and oxygen atoms in total. The molecule has 1 unspecified atom stereocenters. The van der Waals surface area contributed by atoms with E-state index in [0.29, 0.717) is 0 Å². The summed E-state index contributed by atoms with van der Waals surface area (Å²) in [6.07, 6.45) is 2.41. The maximum atomic E-state index is 9.23. The highest BCUT2D eigenvalue weighted by Crippen LogP contribution is 2.10. The zero-order valence-corrected chi connectivity index (χ0v) is 7.72. The molecule has 3 N–H and O–H groups in total. The van der Waals surface area contributed by atoms with Crippen LogP contribution in [-0.2, 0) is 0 Å². The maximum Gasteiger partial charge on any atom is 0.0540 e. The number of rotatable bonds is 4. The van der Waals surface area contributed by atoms with Crippen LogP contribution in [0.4, 0.5) is 0 Å². The van der Waals surface area contributed by atoms with E-state index >= 15 is 0 Å². The van der Waals surface area contributed by atoms with Gasteiger partial charge in [0.2, 0.25) is 0 Å². The van der Waals surface area contributed by atoms with Crippen LogP contribution in [0.2, 0.25) is 0 Å². The fraction of sp³-hybridized carbons (Fsp3) is 0.778. The molecule has 0 aliphatic rings. The van der Waals surface area contributed by atoms with Crippen molar-refractivity contribution in [1.29, 1.82) is 0 Å². The van der Waals surface area contributed by atoms with E-state index < -0.39 is 0 Å². The van der Waals surface area contributed by atoms with Crippen LogP contribution in [0.25, 0.3) is 0 Å². The number of hydrogen-bond acceptors (Lipinski definition) is 2. The van der Waals surface area contributed by atoms with Crippen molar-refractivity contribution in [3.63, 3.8) is 0 Å². The summed E-state index contributed by atoms with van der Waals surface area (Å²) in [5.74, 6) is 0. The molecule has 0 bridgehead atoms. The second kappa shape index (κ2) is 5.19. The van der Waals surface area contributed by atoms with E-state index in [1.165, 1.54) is 5.57 Å². The Labute approximate surface area is 69.1 Å². The number of nitrogens with two attached hydrogens (primary N) is 1. The lowest BCUT2D eigenvalue weighted by Crippen LogP contribution is -2.05. The van der Waals surface area contributed by atoms with Gasteiger partial charge in [-0.15, -0.1) is 0 Å². The summed E-state index contributed by atoms with van der Waals surface area (Å²) in [6.45, 7) is 5.89. The largest absolute Gasteiger partial charge is 0.402 e. The summed E-state index contributed by atoms with van der Waals surface area (Å²) in [7, 11) is 0. The first-order chi connectivity index (χ1) is 5.07. The zero-order chi connectivity index (χ0) is 8.85. The molecule has 0 aliphatic heterocycles. The third kappa shape index (κ3) is 4.85. The highest BCUT2D eigenvalue weighted by Gasteiger charge is 2.01. The molecule has 0 rings (SSSR count). The van der Waals surface area contributed by atoms with Crippen molar-refractivity contribution in [1.82, 2.24) is 0 Å². The van der Waals surface area contributed by atoms with Crippen LogP contribution in [0.3, 0.4) is 0 Å². The summed E-state index contributed by atoms with van der Waals surface area (Å²) in [5.41, 5.74) is 7.64. The van der Waals surface area contributed by atoms with E-state index in [0.717, 1.165) is 25.0 Å². The van der Waals surface area contributed by atoms with Gasteiger partial charge in [-0.1, -0.05) is 12.5 Å². The summed E-state index contributed by atoms with van der Waals surface area (Å²) in [5, 5.41) is 9.23. The quantitative estimate of drug-likeness (QED) is 0.653. The Morgan fingerprint density at radius 1 is 1.45 bits per heavy atom. The van der Waals surface area contributed by atoms with Crippen LogP contribution < -0.4 is 5.73 Å². The van der Waals surface area contributed by atoms with Gasteiger partial charge in [0.15, 0.2) is 0 Å². The first-order valence-electron chi connectivity index (χ1n) is 4.17. The maximum absolute atomic E-state index is 9.23. The Kier molecular flexibility index (Phi) is 4.95. The van der Waals surface area contributed by atoms with Crippen molar-refractivity contribution in [2.45, 2.75) is 46.1 Å². The summed E-state index contributed by atoms with van der Waals surface area (Å²) in [6, 6.07) is 0. The average molecular weight is 157 g/mol. The molecule has 2 heteroatoms. The third-order valence-electron chi connectivity index (χ3n) is 2.00. The van der Waals surface area contributed by atoms with Crippen molar-refractivity contribution in [3.8, 4) is 0 Å². The van der Waals surface area contributed by atoms with Crippen LogP contribution >= 0.6 is 0 Å². The van der Waals surface area contributed by atoms with Crippen LogP contribution in [0.15, 0.2) is 11.3 Å². The van der Waals surface area contributed by atoms with Gasteiger partial charge in [-0.2, -0.15) is 0 Å². The number of aliphatic hydroxyl groups excluding tert-OH is 1. The SMILES string of the molecule is CCC(O)CCC(C)=C(C)N. The van der Waals surface area contributed by atoms with Gasteiger partial charge in [-0.25, -0.2) is 0 Å². The molecule has 0 aromatic heterocycles. The van der Waals surface area contributed by atoms with E-state index in [9.17, 15) is 5.11 Å². The molecular formula is C9H19NO. The highest BCUT2D eigenvalue weighted by atomic mass is 16.3. The van der Waals surface area contributed by atoms with Crippen LogP contribution in [0.1, 0.15) is 40.0 Å². The van der Waals surface area contributed by atoms with Gasteiger partial charge in [0, 0.05) is 5.70 Å². The van der Waals surface area contributed by atoms with Crippen molar-refractivity contribution in [2.75, 3.05) is 0 Å². The minimum absolute atomic E-state index is 0.163. The van der Waals surface area contributed by atoms with Gasteiger partial charge in [0.05, 0.1) is 6.10 Å². The van der Waals surface area contributed by atoms with E-state index in [-0.39, 0.29) is 6.10 Å². The highest BCUT2D eigenvalue weighted by molar-refractivity contribution is 5.05. The van der Waals surface area contributed by atoms with Crippen molar-refractivity contribution in [3.05, 3.63) is 11.3 Å². The molecule has 0 spiro atoms. The summed E-state index contributed by atoms with van der Waals surface area (Å²) >= 11 is 0. The van der Waals surface area contributed by atoms with Gasteiger partial charge in [0.1, 0.15) is 0 Å². The molecule has 66 valence electrons.